The summed E-state index contributed by atoms with van der Waals surface area (Å²) in [6.45, 7) is -0.0956. The number of hydrogen-bond acceptors (Lipinski definition) is 2. The molecule has 22 heavy (non-hydrogen) atoms. The van der Waals surface area contributed by atoms with E-state index in [0.717, 1.165) is 12.1 Å². The summed E-state index contributed by atoms with van der Waals surface area (Å²) in [5.74, 6) is -1.47. The number of alkyl halides is 3. The van der Waals surface area contributed by atoms with Crippen LogP contribution in [-0.2, 0) is 0 Å². The second-order valence-electron chi connectivity index (χ2n) is 4.21. The van der Waals surface area contributed by atoms with Gasteiger partial charge in [0.2, 0.25) is 0 Å². The number of guanidine groups is 1. The number of halogens is 5. The molecule has 2 N–H and O–H groups in total. The molecule has 0 heterocycles. The van der Waals surface area contributed by atoms with E-state index < -0.39 is 24.2 Å². The lowest BCUT2D eigenvalue weighted by molar-refractivity contribution is -0.132. The third kappa shape index (κ3) is 7.09. The van der Waals surface area contributed by atoms with Crippen molar-refractivity contribution in [1.29, 1.82) is 0 Å². The highest BCUT2D eigenvalue weighted by molar-refractivity contribution is 5.79. The summed E-state index contributed by atoms with van der Waals surface area (Å²) >= 11 is 0. The Balaban J connectivity index is 2.27. The topological polar surface area (TPSA) is 45.7 Å². The van der Waals surface area contributed by atoms with Crippen molar-refractivity contribution in [2.24, 2.45) is 4.99 Å². The van der Waals surface area contributed by atoms with Crippen LogP contribution in [0.15, 0.2) is 23.2 Å². The lowest BCUT2D eigenvalue weighted by atomic mass is 10.3. The Kier molecular flexibility index (Phi) is 6.87. The zero-order valence-electron chi connectivity index (χ0n) is 11.8. The van der Waals surface area contributed by atoms with Gasteiger partial charge >= 0.3 is 6.18 Å². The molecule has 0 fully saturated rings. The van der Waals surface area contributed by atoms with E-state index >= 15 is 0 Å². The van der Waals surface area contributed by atoms with Gasteiger partial charge in [0.1, 0.15) is 12.4 Å². The smallest absolute Gasteiger partial charge is 0.390 e. The van der Waals surface area contributed by atoms with Crippen molar-refractivity contribution in [1.82, 2.24) is 10.6 Å². The fourth-order valence-corrected chi connectivity index (χ4v) is 1.47. The van der Waals surface area contributed by atoms with E-state index in [1.807, 2.05) is 0 Å². The molecule has 0 spiro atoms. The summed E-state index contributed by atoms with van der Waals surface area (Å²) in [6, 6.07) is 2.91. The Morgan fingerprint density at radius 2 is 1.86 bits per heavy atom. The summed E-state index contributed by atoms with van der Waals surface area (Å²) in [5.41, 5.74) is 0. The Morgan fingerprint density at radius 3 is 2.45 bits per heavy atom. The van der Waals surface area contributed by atoms with Crippen molar-refractivity contribution in [3.8, 4) is 5.75 Å². The molecule has 0 amide bonds. The third-order valence-electron chi connectivity index (χ3n) is 2.47. The first-order valence-corrected chi connectivity index (χ1v) is 6.41. The summed E-state index contributed by atoms with van der Waals surface area (Å²) in [7, 11) is 1.41. The van der Waals surface area contributed by atoms with Gasteiger partial charge in [-0.3, -0.25) is 4.99 Å². The van der Waals surface area contributed by atoms with Crippen LogP contribution in [0.1, 0.15) is 6.42 Å². The highest BCUT2D eigenvalue weighted by atomic mass is 19.4. The van der Waals surface area contributed by atoms with Crippen molar-refractivity contribution in [2.75, 3.05) is 26.7 Å². The fraction of sp³-hybridized carbons (Fsp3) is 0.462. The summed E-state index contributed by atoms with van der Waals surface area (Å²) < 4.78 is 67.0. The number of aliphatic imine (C=N–C) groups is 1. The monoisotopic (exact) mass is 325 g/mol. The molecule has 0 radical (unpaired) electrons. The average molecular weight is 325 g/mol. The predicted molar refractivity (Wildman–Crippen MR) is 71.9 cm³/mol. The molecule has 1 aromatic rings. The highest BCUT2D eigenvalue weighted by Gasteiger charge is 2.26. The van der Waals surface area contributed by atoms with Crippen molar-refractivity contribution in [3.05, 3.63) is 29.8 Å². The highest BCUT2D eigenvalue weighted by Crippen LogP contribution is 2.18. The lowest BCUT2D eigenvalue weighted by Crippen LogP contribution is -2.40. The maximum absolute atomic E-state index is 13.3. The van der Waals surface area contributed by atoms with Crippen LogP contribution >= 0.6 is 0 Å². The van der Waals surface area contributed by atoms with E-state index in [1.54, 1.807) is 0 Å². The molecule has 0 atom stereocenters. The van der Waals surface area contributed by atoms with Crippen LogP contribution < -0.4 is 15.4 Å². The van der Waals surface area contributed by atoms with Gasteiger partial charge in [-0.05, 0) is 12.1 Å². The minimum absolute atomic E-state index is 0.0303. The molecule has 9 heteroatoms. The second kappa shape index (κ2) is 8.40. The third-order valence-corrected chi connectivity index (χ3v) is 2.47. The predicted octanol–water partition coefficient (Wildman–Crippen LogP) is 2.46. The molecule has 1 aromatic carbocycles. The molecule has 124 valence electrons. The van der Waals surface area contributed by atoms with Crippen LogP contribution in [0.2, 0.25) is 0 Å². The van der Waals surface area contributed by atoms with Crippen molar-refractivity contribution in [2.45, 2.75) is 12.6 Å². The second-order valence-corrected chi connectivity index (χ2v) is 4.21. The minimum atomic E-state index is -4.24. The molecular weight excluding hydrogens is 309 g/mol. The Hall–Kier alpha value is -2.06. The molecule has 4 nitrogen and oxygen atoms in total. The number of rotatable bonds is 6. The largest absolute Gasteiger partial charge is 0.489 e. The molecule has 0 aromatic heterocycles. The first-order chi connectivity index (χ1) is 10.3. The van der Waals surface area contributed by atoms with E-state index in [2.05, 4.69) is 15.6 Å². The van der Waals surface area contributed by atoms with Gasteiger partial charge in [0, 0.05) is 19.7 Å². The number of nitrogens with one attached hydrogen (secondary N) is 2. The maximum Gasteiger partial charge on any atom is 0.390 e. The summed E-state index contributed by atoms with van der Waals surface area (Å²) in [6.07, 6.45) is -5.22. The van der Waals surface area contributed by atoms with Gasteiger partial charge in [-0.15, -0.1) is 0 Å². The van der Waals surface area contributed by atoms with Crippen LogP contribution in [0.4, 0.5) is 22.0 Å². The molecule has 0 saturated heterocycles. The van der Waals surface area contributed by atoms with Crippen LogP contribution in [0.5, 0.6) is 5.75 Å². The van der Waals surface area contributed by atoms with E-state index in [-0.39, 0.29) is 31.4 Å². The van der Waals surface area contributed by atoms with Gasteiger partial charge in [-0.25, -0.2) is 8.78 Å². The van der Waals surface area contributed by atoms with Crippen molar-refractivity contribution < 1.29 is 26.7 Å². The molecular formula is C13H16F5N3O. The van der Waals surface area contributed by atoms with E-state index in [1.165, 1.54) is 7.05 Å². The molecule has 0 bridgehead atoms. The van der Waals surface area contributed by atoms with Gasteiger partial charge < -0.3 is 15.4 Å². The zero-order chi connectivity index (χ0) is 16.6. The quantitative estimate of drug-likeness (QED) is 0.366. The molecule has 0 saturated carbocycles. The Morgan fingerprint density at radius 1 is 1.18 bits per heavy atom. The molecule has 1 rings (SSSR count). The van der Waals surface area contributed by atoms with E-state index in [0.29, 0.717) is 6.07 Å². The molecule has 0 unspecified atom stereocenters. The zero-order valence-corrected chi connectivity index (χ0v) is 11.8. The van der Waals surface area contributed by atoms with Crippen LogP contribution in [0.25, 0.3) is 0 Å². The normalized spacial score (nSPS) is 12.2. The van der Waals surface area contributed by atoms with E-state index in [4.69, 9.17) is 4.74 Å². The Bertz CT molecular complexity index is 505. The number of hydrogen-bond donors (Lipinski definition) is 2. The van der Waals surface area contributed by atoms with Crippen LogP contribution in [0.3, 0.4) is 0 Å². The minimum Gasteiger partial charge on any atom is -0.489 e. The maximum atomic E-state index is 13.3. The number of ether oxygens (including phenoxy) is 1. The average Bonchev–Trinajstić information content (AvgIpc) is 2.42. The van der Waals surface area contributed by atoms with Gasteiger partial charge in [0.25, 0.3) is 0 Å². The molecule has 0 aliphatic rings. The van der Waals surface area contributed by atoms with Gasteiger partial charge in [0.15, 0.2) is 17.5 Å². The summed E-state index contributed by atoms with van der Waals surface area (Å²) in [5, 5.41) is 5.19. The molecule has 0 aliphatic heterocycles. The number of nitrogens with zero attached hydrogens (tertiary/aromatic N) is 1. The van der Waals surface area contributed by atoms with Gasteiger partial charge in [-0.2, -0.15) is 13.2 Å². The number of benzene rings is 1. The van der Waals surface area contributed by atoms with Crippen LogP contribution in [-0.4, -0.2) is 38.9 Å². The van der Waals surface area contributed by atoms with Crippen LogP contribution in [0, 0.1) is 11.6 Å². The standard InChI is InChI=1S/C13H16F5N3O/c1-19-12(20-5-4-13(16,17)18)21-6-7-22-11-3-2-9(14)8-10(11)15/h2-3,8H,4-7H2,1H3,(H2,19,20,21). The molecule has 0 aliphatic carbocycles. The Labute approximate surface area is 124 Å². The first kappa shape index (κ1) is 18.0. The van der Waals surface area contributed by atoms with Gasteiger partial charge in [-0.1, -0.05) is 0 Å². The summed E-state index contributed by atoms with van der Waals surface area (Å²) in [4.78, 5) is 3.73. The van der Waals surface area contributed by atoms with Gasteiger partial charge in [0.05, 0.1) is 13.0 Å². The van der Waals surface area contributed by atoms with E-state index in [9.17, 15) is 22.0 Å². The van der Waals surface area contributed by atoms with Crippen molar-refractivity contribution in [3.63, 3.8) is 0 Å². The first-order valence-electron chi connectivity index (χ1n) is 6.41. The lowest BCUT2D eigenvalue weighted by Gasteiger charge is -2.13. The van der Waals surface area contributed by atoms with Crippen molar-refractivity contribution >= 4 is 5.96 Å². The fourth-order valence-electron chi connectivity index (χ4n) is 1.47. The SMILES string of the molecule is CN=C(NCCOc1ccc(F)cc1F)NCCC(F)(F)F.